The Balaban J connectivity index is 2.15. The van der Waals surface area contributed by atoms with Gasteiger partial charge in [-0.15, -0.1) is 0 Å². The molecule has 6 heteroatoms. The van der Waals surface area contributed by atoms with E-state index in [-0.39, 0.29) is 0 Å². The zero-order valence-corrected chi connectivity index (χ0v) is 10.1. The molecule has 2 N–H and O–H groups in total. The molecule has 0 aliphatic heterocycles. The fourth-order valence-corrected chi connectivity index (χ4v) is 1.97. The van der Waals surface area contributed by atoms with E-state index in [1.165, 1.54) is 0 Å². The van der Waals surface area contributed by atoms with E-state index in [1.807, 2.05) is 13.0 Å². The maximum Gasteiger partial charge on any atom is 0.154 e. The Labute approximate surface area is 103 Å². The van der Waals surface area contributed by atoms with Crippen molar-refractivity contribution in [1.29, 1.82) is 0 Å². The van der Waals surface area contributed by atoms with Crippen LogP contribution in [-0.4, -0.2) is 15.2 Å². The number of nitrogens with one attached hydrogen (secondary N) is 2. The Hall–Kier alpha value is -1.26. The average Bonchev–Trinajstić information content (AvgIpc) is 2.68. The second kappa shape index (κ2) is 4.72. The molecular formula is C10H10Cl2N4. The molecule has 0 atom stereocenters. The predicted molar refractivity (Wildman–Crippen MR) is 64.9 cm³/mol. The molecule has 4 nitrogen and oxygen atoms in total. The molecule has 0 radical (unpaired) electrons. The van der Waals surface area contributed by atoms with Crippen LogP contribution in [0.1, 0.15) is 11.3 Å². The first-order valence-corrected chi connectivity index (χ1v) is 5.47. The van der Waals surface area contributed by atoms with Crippen molar-refractivity contribution in [2.75, 3.05) is 5.32 Å². The van der Waals surface area contributed by atoms with Gasteiger partial charge in [0.15, 0.2) is 5.15 Å². The van der Waals surface area contributed by atoms with Crippen molar-refractivity contribution in [3.05, 3.63) is 39.9 Å². The van der Waals surface area contributed by atoms with Gasteiger partial charge < -0.3 is 5.32 Å². The van der Waals surface area contributed by atoms with E-state index in [0.29, 0.717) is 16.9 Å². The summed E-state index contributed by atoms with van der Waals surface area (Å²) in [6.45, 7) is 2.54. The van der Waals surface area contributed by atoms with Gasteiger partial charge in [-0.05, 0) is 24.6 Å². The lowest BCUT2D eigenvalue weighted by molar-refractivity contribution is 0.978. The summed E-state index contributed by atoms with van der Waals surface area (Å²) in [5.41, 5.74) is 2.73. The van der Waals surface area contributed by atoms with Crippen LogP contribution in [0.4, 0.5) is 5.69 Å². The van der Waals surface area contributed by atoms with Gasteiger partial charge in [-0.1, -0.05) is 23.2 Å². The number of halogens is 2. The van der Waals surface area contributed by atoms with Crippen LogP contribution in [0.3, 0.4) is 0 Å². The molecule has 16 heavy (non-hydrogen) atoms. The normalized spacial score (nSPS) is 10.4. The zero-order valence-electron chi connectivity index (χ0n) is 8.59. The standard InChI is InChI=1S/C10H10Cl2N4/c1-6-4-8(11)15-10(12)9(6)13-5-7-2-3-14-16-7/h2-4,13H,5H2,1H3,(H,14,16). The number of aryl methyl sites for hydroxylation is 1. The highest BCUT2D eigenvalue weighted by Crippen LogP contribution is 2.26. The molecule has 0 aromatic carbocycles. The Morgan fingerprint density at radius 2 is 2.25 bits per heavy atom. The van der Waals surface area contributed by atoms with Crippen LogP contribution in [0, 0.1) is 6.92 Å². The summed E-state index contributed by atoms with van der Waals surface area (Å²) in [6, 6.07) is 3.66. The van der Waals surface area contributed by atoms with Gasteiger partial charge in [0.25, 0.3) is 0 Å². The van der Waals surface area contributed by atoms with E-state index in [9.17, 15) is 0 Å². The van der Waals surface area contributed by atoms with E-state index in [1.54, 1.807) is 12.3 Å². The summed E-state index contributed by atoms with van der Waals surface area (Å²) >= 11 is 11.8. The number of rotatable bonds is 3. The third kappa shape index (κ3) is 2.46. The fourth-order valence-electron chi connectivity index (χ4n) is 1.37. The fraction of sp³-hybridized carbons (Fsp3) is 0.200. The minimum absolute atomic E-state index is 0.379. The van der Waals surface area contributed by atoms with Gasteiger partial charge in [0.1, 0.15) is 5.15 Å². The molecule has 0 amide bonds. The summed E-state index contributed by atoms with van der Waals surface area (Å²) in [5.74, 6) is 0. The first-order chi connectivity index (χ1) is 7.66. The maximum absolute atomic E-state index is 5.99. The van der Waals surface area contributed by atoms with Crippen molar-refractivity contribution in [3.63, 3.8) is 0 Å². The lowest BCUT2D eigenvalue weighted by Gasteiger charge is -2.10. The smallest absolute Gasteiger partial charge is 0.154 e. The van der Waals surface area contributed by atoms with Crippen molar-refractivity contribution in [3.8, 4) is 0 Å². The summed E-state index contributed by atoms with van der Waals surface area (Å²) < 4.78 is 0. The SMILES string of the molecule is Cc1cc(Cl)nc(Cl)c1NCc1ccn[nH]1. The van der Waals surface area contributed by atoms with Crippen LogP contribution in [0.5, 0.6) is 0 Å². The van der Waals surface area contributed by atoms with Crippen LogP contribution in [-0.2, 0) is 6.54 Å². The molecule has 2 aromatic heterocycles. The van der Waals surface area contributed by atoms with E-state index in [0.717, 1.165) is 16.9 Å². The van der Waals surface area contributed by atoms with Gasteiger partial charge in [0.2, 0.25) is 0 Å². The largest absolute Gasteiger partial charge is 0.377 e. The molecule has 2 rings (SSSR count). The lowest BCUT2D eigenvalue weighted by atomic mass is 10.2. The summed E-state index contributed by atoms with van der Waals surface area (Å²) in [6.07, 6.45) is 1.70. The quantitative estimate of drug-likeness (QED) is 0.831. The van der Waals surface area contributed by atoms with Crippen LogP contribution in [0.15, 0.2) is 18.3 Å². The van der Waals surface area contributed by atoms with E-state index >= 15 is 0 Å². The summed E-state index contributed by atoms with van der Waals surface area (Å²) in [5, 5.41) is 10.7. The number of anilines is 1. The van der Waals surface area contributed by atoms with Crippen molar-refractivity contribution < 1.29 is 0 Å². The van der Waals surface area contributed by atoms with E-state index in [2.05, 4.69) is 20.5 Å². The number of nitrogens with zero attached hydrogens (tertiary/aromatic N) is 2. The number of H-pyrrole nitrogens is 1. The van der Waals surface area contributed by atoms with Crippen molar-refractivity contribution in [2.24, 2.45) is 0 Å². The predicted octanol–water partition coefficient (Wildman–Crippen LogP) is 3.03. The van der Waals surface area contributed by atoms with Crippen molar-refractivity contribution in [1.82, 2.24) is 15.2 Å². The van der Waals surface area contributed by atoms with Gasteiger partial charge in [0, 0.05) is 6.20 Å². The molecule has 0 aliphatic rings. The minimum Gasteiger partial charge on any atom is -0.377 e. The van der Waals surface area contributed by atoms with Crippen molar-refractivity contribution >= 4 is 28.9 Å². The van der Waals surface area contributed by atoms with Gasteiger partial charge in [-0.2, -0.15) is 5.10 Å². The highest BCUT2D eigenvalue weighted by molar-refractivity contribution is 6.34. The third-order valence-corrected chi connectivity index (χ3v) is 2.62. The number of hydrogen-bond acceptors (Lipinski definition) is 3. The molecule has 2 heterocycles. The van der Waals surface area contributed by atoms with E-state index < -0.39 is 0 Å². The number of pyridine rings is 1. The van der Waals surface area contributed by atoms with Crippen LogP contribution in [0.2, 0.25) is 10.3 Å². The molecule has 2 aromatic rings. The second-order valence-corrected chi connectivity index (χ2v) is 4.11. The molecule has 0 saturated heterocycles. The highest BCUT2D eigenvalue weighted by atomic mass is 35.5. The van der Waals surface area contributed by atoms with Crippen LogP contribution < -0.4 is 5.32 Å². The Morgan fingerprint density at radius 3 is 2.88 bits per heavy atom. The van der Waals surface area contributed by atoms with Gasteiger partial charge in [-0.3, -0.25) is 5.10 Å². The minimum atomic E-state index is 0.379. The molecule has 0 bridgehead atoms. The Kier molecular flexibility index (Phi) is 3.31. The van der Waals surface area contributed by atoms with E-state index in [4.69, 9.17) is 23.2 Å². The molecule has 0 saturated carbocycles. The Bertz CT molecular complexity index is 459. The first kappa shape index (κ1) is 11.2. The van der Waals surface area contributed by atoms with Gasteiger partial charge in [0.05, 0.1) is 17.9 Å². The molecule has 84 valence electrons. The number of aromatic nitrogens is 3. The molecule has 0 spiro atoms. The topological polar surface area (TPSA) is 53.6 Å². The number of aromatic amines is 1. The van der Waals surface area contributed by atoms with Crippen LogP contribution >= 0.6 is 23.2 Å². The third-order valence-electron chi connectivity index (χ3n) is 2.16. The summed E-state index contributed by atoms with van der Waals surface area (Å²) in [4.78, 5) is 3.98. The maximum atomic E-state index is 5.99. The zero-order chi connectivity index (χ0) is 11.5. The monoisotopic (exact) mass is 256 g/mol. The average molecular weight is 257 g/mol. The number of hydrogen-bond donors (Lipinski definition) is 2. The van der Waals surface area contributed by atoms with Gasteiger partial charge in [-0.25, -0.2) is 4.98 Å². The van der Waals surface area contributed by atoms with Crippen LogP contribution in [0.25, 0.3) is 0 Å². The molecule has 0 fully saturated rings. The van der Waals surface area contributed by atoms with Crippen molar-refractivity contribution in [2.45, 2.75) is 13.5 Å². The molecular weight excluding hydrogens is 247 g/mol. The molecule has 0 aliphatic carbocycles. The summed E-state index contributed by atoms with van der Waals surface area (Å²) in [7, 11) is 0. The molecule has 0 unspecified atom stereocenters. The second-order valence-electron chi connectivity index (χ2n) is 3.36. The first-order valence-electron chi connectivity index (χ1n) is 4.71. The highest BCUT2D eigenvalue weighted by Gasteiger charge is 2.07. The van der Waals surface area contributed by atoms with Gasteiger partial charge >= 0.3 is 0 Å². The Morgan fingerprint density at radius 1 is 1.44 bits per heavy atom. The lowest BCUT2D eigenvalue weighted by Crippen LogP contribution is -2.03.